The van der Waals surface area contributed by atoms with Gasteiger partial charge in [0.25, 0.3) is 0 Å². The van der Waals surface area contributed by atoms with Crippen LogP contribution in [0.1, 0.15) is 43.9 Å². The lowest BCUT2D eigenvalue weighted by atomic mass is 9.93. The number of halogens is 1. The molecule has 2 fully saturated rings. The first-order chi connectivity index (χ1) is 12.1. The van der Waals surface area contributed by atoms with Crippen molar-refractivity contribution in [3.8, 4) is 0 Å². The summed E-state index contributed by atoms with van der Waals surface area (Å²) in [6.07, 6.45) is 2.59. The molecule has 6 heteroatoms. The molecule has 2 aliphatic rings. The van der Waals surface area contributed by atoms with Crippen molar-refractivity contribution in [1.82, 2.24) is 15.1 Å². The smallest absolute Gasteiger partial charge is 0.226 e. The number of benzene rings is 1. The number of piperazine rings is 1. The molecule has 0 saturated carbocycles. The van der Waals surface area contributed by atoms with E-state index in [-0.39, 0.29) is 36.2 Å². The van der Waals surface area contributed by atoms with E-state index >= 15 is 0 Å². The highest BCUT2D eigenvalue weighted by Gasteiger charge is 2.34. The summed E-state index contributed by atoms with van der Waals surface area (Å²) in [5.74, 6) is 0.419. The first-order valence-corrected chi connectivity index (χ1v) is 9.45. The number of hydrogen-bond donors (Lipinski definition) is 1. The van der Waals surface area contributed by atoms with Crippen molar-refractivity contribution in [1.29, 1.82) is 0 Å². The van der Waals surface area contributed by atoms with E-state index in [9.17, 15) is 9.59 Å². The number of rotatable bonds is 3. The molecule has 1 unspecified atom stereocenters. The van der Waals surface area contributed by atoms with E-state index in [4.69, 9.17) is 0 Å². The number of nitrogens with one attached hydrogen (secondary N) is 1. The zero-order valence-electron chi connectivity index (χ0n) is 15.7. The van der Waals surface area contributed by atoms with E-state index < -0.39 is 0 Å². The molecule has 1 aromatic carbocycles. The third-order valence-corrected chi connectivity index (χ3v) is 5.59. The molecule has 1 N–H and O–H groups in total. The average molecular weight is 380 g/mol. The summed E-state index contributed by atoms with van der Waals surface area (Å²) < 4.78 is 0. The highest BCUT2D eigenvalue weighted by atomic mass is 35.5. The average Bonchev–Trinajstić information content (AvgIpc) is 2.67. The van der Waals surface area contributed by atoms with Crippen LogP contribution in [0.5, 0.6) is 0 Å². The summed E-state index contributed by atoms with van der Waals surface area (Å²) in [5.41, 5.74) is 2.53. The summed E-state index contributed by atoms with van der Waals surface area (Å²) >= 11 is 0. The molecule has 0 radical (unpaired) electrons. The lowest BCUT2D eigenvalue weighted by Gasteiger charge is -2.40. The summed E-state index contributed by atoms with van der Waals surface area (Å²) in [6.45, 7) is 7.58. The Kier molecular flexibility index (Phi) is 7.47. The van der Waals surface area contributed by atoms with Gasteiger partial charge in [-0.3, -0.25) is 9.59 Å². The van der Waals surface area contributed by atoms with Crippen LogP contribution >= 0.6 is 12.4 Å². The van der Waals surface area contributed by atoms with E-state index in [1.807, 2.05) is 4.90 Å². The molecule has 0 spiro atoms. The summed E-state index contributed by atoms with van der Waals surface area (Å²) in [4.78, 5) is 28.5. The van der Waals surface area contributed by atoms with Gasteiger partial charge < -0.3 is 15.1 Å². The Balaban J connectivity index is 0.00000243. The number of carbonyl (C=O) groups is 2. The van der Waals surface area contributed by atoms with Crippen molar-refractivity contribution in [2.45, 2.75) is 39.2 Å². The van der Waals surface area contributed by atoms with E-state index in [0.29, 0.717) is 13.1 Å². The zero-order valence-corrected chi connectivity index (χ0v) is 16.6. The summed E-state index contributed by atoms with van der Waals surface area (Å²) in [6, 6.07) is 8.76. The molecule has 0 aromatic heterocycles. The second kappa shape index (κ2) is 9.38. The third kappa shape index (κ3) is 4.57. The fraction of sp³-hybridized carbons (Fsp3) is 0.600. The number of carbonyl (C=O) groups excluding carboxylic acids is 2. The van der Waals surface area contributed by atoms with Gasteiger partial charge in [0.15, 0.2) is 0 Å². The predicted molar refractivity (Wildman–Crippen MR) is 105 cm³/mol. The van der Waals surface area contributed by atoms with Gasteiger partial charge in [-0.25, -0.2) is 0 Å². The Morgan fingerprint density at radius 2 is 1.77 bits per heavy atom. The Labute approximate surface area is 162 Å². The number of piperidine rings is 1. The van der Waals surface area contributed by atoms with Crippen LogP contribution in [0.3, 0.4) is 0 Å². The predicted octanol–water partition coefficient (Wildman–Crippen LogP) is 2.40. The van der Waals surface area contributed by atoms with Gasteiger partial charge in [0.1, 0.15) is 0 Å². The summed E-state index contributed by atoms with van der Waals surface area (Å²) in [5, 5.41) is 3.42. The molecule has 2 aliphatic heterocycles. The second-order valence-electron chi connectivity index (χ2n) is 7.13. The van der Waals surface area contributed by atoms with Gasteiger partial charge in [0.05, 0.1) is 6.04 Å². The quantitative estimate of drug-likeness (QED) is 0.877. The van der Waals surface area contributed by atoms with E-state index in [2.05, 4.69) is 41.4 Å². The van der Waals surface area contributed by atoms with Crippen LogP contribution < -0.4 is 5.32 Å². The van der Waals surface area contributed by atoms with Gasteiger partial charge in [-0.1, -0.05) is 31.2 Å². The first kappa shape index (κ1) is 20.7. The number of aryl methyl sites for hydroxylation is 1. The number of likely N-dealkylation sites (tertiary alicyclic amines) is 1. The van der Waals surface area contributed by atoms with Crippen LogP contribution in [0, 0.1) is 5.92 Å². The fourth-order valence-electron chi connectivity index (χ4n) is 3.92. The minimum absolute atomic E-state index is 0. The molecule has 1 atom stereocenters. The maximum absolute atomic E-state index is 13.1. The monoisotopic (exact) mass is 379 g/mol. The molecule has 144 valence electrons. The minimum atomic E-state index is 0. The molecule has 2 heterocycles. The van der Waals surface area contributed by atoms with Crippen LogP contribution in [0.4, 0.5) is 0 Å². The Morgan fingerprint density at radius 3 is 2.35 bits per heavy atom. The molecular weight excluding hydrogens is 350 g/mol. The van der Waals surface area contributed by atoms with Crippen molar-refractivity contribution in [2.75, 3.05) is 32.7 Å². The summed E-state index contributed by atoms with van der Waals surface area (Å²) in [7, 11) is 0. The Morgan fingerprint density at radius 1 is 1.12 bits per heavy atom. The molecule has 1 aromatic rings. The van der Waals surface area contributed by atoms with Crippen LogP contribution in [0.25, 0.3) is 0 Å². The lowest BCUT2D eigenvalue weighted by molar-refractivity contribution is -0.142. The molecule has 0 aliphatic carbocycles. The van der Waals surface area contributed by atoms with Gasteiger partial charge in [0, 0.05) is 45.6 Å². The highest BCUT2D eigenvalue weighted by Crippen LogP contribution is 2.28. The minimum Gasteiger partial charge on any atom is -0.343 e. The standard InChI is InChI=1S/C20H29N3O2.ClH/c1-3-16-4-6-17(7-5-16)19-14-21-10-13-23(19)20(25)18-8-11-22(12-9-18)15(2)24;/h4-7,18-19,21H,3,8-14H2,1-2H3;1H. The SMILES string of the molecule is CCc1ccc(C2CNCCN2C(=O)C2CCN(C(C)=O)CC2)cc1.Cl. The maximum atomic E-state index is 13.1. The molecule has 0 bridgehead atoms. The van der Waals surface area contributed by atoms with Crippen molar-refractivity contribution in [2.24, 2.45) is 5.92 Å². The van der Waals surface area contributed by atoms with Crippen molar-refractivity contribution in [3.05, 3.63) is 35.4 Å². The van der Waals surface area contributed by atoms with Crippen molar-refractivity contribution < 1.29 is 9.59 Å². The molecule has 26 heavy (non-hydrogen) atoms. The van der Waals surface area contributed by atoms with Gasteiger partial charge >= 0.3 is 0 Å². The normalized spacial score (nSPS) is 21.2. The van der Waals surface area contributed by atoms with Crippen LogP contribution in [0.2, 0.25) is 0 Å². The van der Waals surface area contributed by atoms with Crippen molar-refractivity contribution >= 4 is 24.2 Å². The lowest BCUT2D eigenvalue weighted by Crippen LogP contribution is -2.52. The topological polar surface area (TPSA) is 52.7 Å². The van der Waals surface area contributed by atoms with Crippen molar-refractivity contribution in [3.63, 3.8) is 0 Å². The Bertz CT molecular complexity index is 612. The largest absolute Gasteiger partial charge is 0.343 e. The maximum Gasteiger partial charge on any atom is 0.226 e. The highest BCUT2D eigenvalue weighted by molar-refractivity contribution is 5.85. The molecular formula is C20H30ClN3O2. The van der Waals surface area contributed by atoms with Gasteiger partial charge in [0.2, 0.25) is 11.8 Å². The fourth-order valence-corrected chi connectivity index (χ4v) is 3.92. The van der Waals surface area contributed by atoms with Gasteiger partial charge in [-0.2, -0.15) is 0 Å². The second-order valence-corrected chi connectivity index (χ2v) is 7.13. The van der Waals surface area contributed by atoms with E-state index in [1.54, 1.807) is 6.92 Å². The first-order valence-electron chi connectivity index (χ1n) is 9.45. The third-order valence-electron chi connectivity index (χ3n) is 5.59. The zero-order chi connectivity index (χ0) is 17.8. The molecule has 5 nitrogen and oxygen atoms in total. The molecule has 2 amide bonds. The Hall–Kier alpha value is -1.59. The van der Waals surface area contributed by atoms with Gasteiger partial charge in [-0.05, 0) is 30.4 Å². The van der Waals surface area contributed by atoms with Crippen LogP contribution in [-0.2, 0) is 16.0 Å². The molecule has 2 saturated heterocycles. The van der Waals surface area contributed by atoms with E-state index in [1.165, 1.54) is 11.1 Å². The number of hydrogen-bond acceptors (Lipinski definition) is 3. The van der Waals surface area contributed by atoms with Gasteiger partial charge in [-0.15, -0.1) is 12.4 Å². The van der Waals surface area contributed by atoms with Crippen LogP contribution in [0.15, 0.2) is 24.3 Å². The number of amides is 2. The molecule has 3 rings (SSSR count). The number of nitrogens with zero attached hydrogens (tertiary/aromatic N) is 2. The van der Waals surface area contributed by atoms with Crippen LogP contribution in [-0.4, -0.2) is 54.3 Å². The van der Waals surface area contributed by atoms with E-state index in [0.717, 1.165) is 38.9 Å².